The zero-order valence-electron chi connectivity index (χ0n) is 20.6. The first-order valence-corrected chi connectivity index (χ1v) is 12.0. The molecule has 1 aromatic heterocycles. The zero-order valence-corrected chi connectivity index (χ0v) is 20.6. The third kappa shape index (κ3) is 5.62. The summed E-state index contributed by atoms with van der Waals surface area (Å²) in [6.07, 6.45) is 0. The van der Waals surface area contributed by atoms with Crippen LogP contribution in [0.1, 0.15) is 42.1 Å². The topological polar surface area (TPSA) is 58.6 Å². The van der Waals surface area contributed by atoms with Gasteiger partial charge in [0.2, 0.25) is 5.91 Å². The Bertz CT molecular complexity index is 1120. The molecule has 0 spiro atoms. The lowest BCUT2D eigenvalue weighted by atomic mass is 10.0. The van der Waals surface area contributed by atoms with Crippen LogP contribution in [0.25, 0.3) is 11.4 Å². The van der Waals surface area contributed by atoms with Gasteiger partial charge in [-0.15, -0.1) is 0 Å². The Labute approximate surface area is 202 Å². The van der Waals surface area contributed by atoms with Crippen molar-refractivity contribution in [2.45, 2.75) is 40.2 Å². The first kappa shape index (κ1) is 23.9. The Balaban J connectivity index is 1.44. The van der Waals surface area contributed by atoms with Gasteiger partial charge in [0.15, 0.2) is 5.82 Å². The van der Waals surface area contributed by atoms with Crippen molar-refractivity contribution in [1.29, 1.82) is 0 Å². The molecule has 178 valence electrons. The molecular weight excluding hydrogens is 424 g/mol. The van der Waals surface area contributed by atoms with Crippen LogP contribution < -0.4 is 4.90 Å². The van der Waals surface area contributed by atoms with Gasteiger partial charge in [-0.1, -0.05) is 67.9 Å². The van der Waals surface area contributed by atoms with E-state index in [4.69, 9.17) is 14.7 Å². The number of carbonyl (C=O) groups is 1. The molecule has 1 aliphatic rings. The number of piperazine rings is 1. The number of benzene rings is 2. The van der Waals surface area contributed by atoms with E-state index in [2.05, 4.69) is 50.8 Å². The van der Waals surface area contributed by atoms with E-state index in [0.29, 0.717) is 25.6 Å². The zero-order chi connectivity index (χ0) is 24.1. The maximum absolute atomic E-state index is 12.7. The van der Waals surface area contributed by atoms with Crippen LogP contribution in [0.5, 0.6) is 0 Å². The minimum absolute atomic E-state index is 0.0407. The third-order valence-electron chi connectivity index (χ3n) is 6.24. The number of carbonyl (C=O) groups excluding carboxylic acids is 1. The largest absolute Gasteiger partial charge is 0.367 e. The molecule has 1 saturated heterocycles. The maximum Gasteiger partial charge on any atom is 0.248 e. The maximum atomic E-state index is 12.7. The summed E-state index contributed by atoms with van der Waals surface area (Å²) >= 11 is 0. The van der Waals surface area contributed by atoms with Crippen molar-refractivity contribution in [1.82, 2.24) is 14.9 Å². The predicted octanol–water partition coefficient (Wildman–Crippen LogP) is 4.75. The fraction of sp³-hybridized carbons (Fsp3) is 0.393. The van der Waals surface area contributed by atoms with Crippen LogP contribution in [0.4, 0.5) is 5.82 Å². The Morgan fingerprint density at radius 1 is 0.971 bits per heavy atom. The Kier molecular flexibility index (Phi) is 7.58. The van der Waals surface area contributed by atoms with E-state index in [1.165, 1.54) is 11.1 Å². The van der Waals surface area contributed by atoms with Crippen LogP contribution in [-0.4, -0.2) is 53.6 Å². The number of ether oxygens (including phenoxy) is 1. The van der Waals surface area contributed by atoms with Gasteiger partial charge in [0, 0.05) is 43.0 Å². The summed E-state index contributed by atoms with van der Waals surface area (Å²) in [6, 6.07) is 18.3. The summed E-state index contributed by atoms with van der Waals surface area (Å²) < 4.78 is 5.66. The van der Waals surface area contributed by atoms with Gasteiger partial charge in [-0.3, -0.25) is 4.79 Å². The summed E-state index contributed by atoms with van der Waals surface area (Å²) in [5.41, 5.74) is 5.50. The van der Waals surface area contributed by atoms with Gasteiger partial charge in [-0.2, -0.15) is 0 Å². The molecular formula is C28H34N4O2. The molecule has 6 heteroatoms. The van der Waals surface area contributed by atoms with Gasteiger partial charge in [0.25, 0.3) is 0 Å². The van der Waals surface area contributed by atoms with Crippen LogP contribution in [0.15, 0.2) is 54.6 Å². The van der Waals surface area contributed by atoms with E-state index in [9.17, 15) is 4.79 Å². The monoisotopic (exact) mass is 458 g/mol. The van der Waals surface area contributed by atoms with Crippen LogP contribution in [0.3, 0.4) is 0 Å². The summed E-state index contributed by atoms with van der Waals surface area (Å²) in [5, 5.41) is 0. The lowest BCUT2D eigenvalue weighted by Crippen LogP contribution is -2.50. The van der Waals surface area contributed by atoms with E-state index < -0.39 is 0 Å². The lowest BCUT2D eigenvalue weighted by molar-refractivity contribution is -0.136. The average Bonchev–Trinajstić information content (AvgIpc) is 2.84. The van der Waals surface area contributed by atoms with Gasteiger partial charge >= 0.3 is 0 Å². The molecule has 6 nitrogen and oxygen atoms in total. The second-order valence-electron chi connectivity index (χ2n) is 9.24. The first-order chi connectivity index (χ1) is 16.4. The van der Waals surface area contributed by atoms with Gasteiger partial charge in [-0.05, 0) is 31.4 Å². The number of aromatic nitrogens is 2. The first-order valence-electron chi connectivity index (χ1n) is 12.0. The molecule has 0 atom stereocenters. The Hall–Kier alpha value is -3.25. The highest BCUT2D eigenvalue weighted by Gasteiger charge is 2.26. The van der Waals surface area contributed by atoms with E-state index >= 15 is 0 Å². The van der Waals surface area contributed by atoms with Gasteiger partial charge in [0.1, 0.15) is 12.4 Å². The molecule has 0 N–H and O–H groups in total. The molecule has 2 aromatic carbocycles. The highest BCUT2D eigenvalue weighted by molar-refractivity contribution is 5.77. The highest BCUT2D eigenvalue weighted by atomic mass is 16.5. The van der Waals surface area contributed by atoms with Crippen molar-refractivity contribution in [3.05, 3.63) is 77.0 Å². The molecule has 0 aliphatic carbocycles. The Morgan fingerprint density at radius 2 is 1.71 bits per heavy atom. The number of rotatable bonds is 7. The van der Waals surface area contributed by atoms with Crippen molar-refractivity contribution >= 4 is 11.7 Å². The van der Waals surface area contributed by atoms with Crippen LogP contribution >= 0.6 is 0 Å². The van der Waals surface area contributed by atoms with Gasteiger partial charge in [-0.25, -0.2) is 9.97 Å². The molecule has 3 aromatic rings. The van der Waals surface area contributed by atoms with Gasteiger partial charge in [0.05, 0.1) is 6.61 Å². The van der Waals surface area contributed by atoms with Crippen LogP contribution in [-0.2, 0) is 16.1 Å². The van der Waals surface area contributed by atoms with E-state index in [0.717, 1.165) is 41.6 Å². The average molecular weight is 459 g/mol. The fourth-order valence-corrected chi connectivity index (χ4v) is 4.49. The summed E-state index contributed by atoms with van der Waals surface area (Å²) in [7, 11) is 0. The molecule has 0 bridgehead atoms. The van der Waals surface area contributed by atoms with E-state index in [-0.39, 0.29) is 12.5 Å². The second-order valence-corrected chi connectivity index (χ2v) is 9.24. The highest BCUT2D eigenvalue weighted by Crippen LogP contribution is 2.31. The van der Waals surface area contributed by atoms with Crippen molar-refractivity contribution in [2.24, 2.45) is 0 Å². The number of nitrogens with zero attached hydrogens (tertiary/aromatic N) is 4. The number of hydrogen-bond donors (Lipinski definition) is 0. The van der Waals surface area contributed by atoms with E-state index in [1.807, 2.05) is 41.3 Å². The third-order valence-corrected chi connectivity index (χ3v) is 6.24. The second kappa shape index (κ2) is 10.8. The number of hydrogen-bond acceptors (Lipinski definition) is 5. The van der Waals surface area contributed by atoms with Crippen molar-refractivity contribution < 1.29 is 9.53 Å². The molecule has 1 aliphatic heterocycles. The predicted molar refractivity (Wildman–Crippen MR) is 136 cm³/mol. The SMILES string of the molecule is Cc1cccc(-c2nc(C)c(C(C)C)c(N3CCN(C(=O)COCc4ccccc4)CC3)n2)c1. The van der Waals surface area contributed by atoms with Crippen LogP contribution in [0, 0.1) is 13.8 Å². The van der Waals surface area contributed by atoms with Crippen molar-refractivity contribution in [3.63, 3.8) is 0 Å². The normalized spacial score (nSPS) is 14.0. The summed E-state index contributed by atoms with van der Waals surface area (Å²) in [5.74, 6) is 2.10. The molecule has 1 fully saturated rings. The fourth-order valence-electron chi connectivity index (χ4n) is 4.49. The quantitative estimate of drug-likeness (QED) is 0.511. The molecule has 4 rings (SSSR count). The molecule has 0 radical (unpaired) electrons. The molecule has 0 saturated carbocycles. The molecule has 2 heterocycles. The molecule has 0 unspecified atom stereocenters. The van der Waals surface area contributed by atoms with E-state index in [1.54, 1.807) is 0 Å². The van der Waals surface area contributed by atoms with Crippen molar-refractivity contribution in [2.75, 3.05) is 37.7 Å². The van der Waals surface area contributed by atoms with Crippen LogP contribution in [0.2, 0.25) is 0 Å². The standard InChI is InChI=1S/C28H34N4O2/c1-20(2)26-22(4)29-27(24-12-8-9-21(3)17-24)30-28(26)32-15-13-31(14-16-32)25(33)19-34-18-23-10-6-5-7-11-23/h5-12,17,20H,13-16,18-19H2,1-4H3. The summed E-state index contributed by atoms with van der Waals surface area (Å²) in [6.45, 7) is 11.9. The molecule has 34 heavy (non-hydrogen) atoms. The number of anilines is 1. The minimum atomic E-state index is 0.0407. The molecule has 1 amide bonds. The minimum Gasteiger partial charge on any atom is -0.367 e. The van der Waals surface area contributed by atoms with Crippen molar-refractivity contribution in [3.8, 4) is 11.4 Å². The van der Waals surface area contributed by atoms with Gasteiger partial charge < -0.3 is 14.5 Å². The number of aryl methyl sites for hydroxylation is 2. The smallest absolute Gasteiger partial charge is 0.248 e. The lowest BCUT2D eigenvalue weighted by Gasteiger charge is -2.37. The number of amides is 1. The Morgan fingerprint density at radius 3 is 2.38 bits per heavy atom. The summed E-state index contributed by atoms with van der Waals surface area (Å²) in [4.78, 5) is 26.8.